The number of aryl methyl sites for hydroxylation is 2. The smallest absolute Gasteiger partial charge is 0.347 e. The van der Waals surface area contributed by atoms with Crippen molar-refractivity contribution in [2.24, 2.45) is 7.05 Å². The SMILES string of the molecule is CCCN(CC(F)(F)F)c1c(CNC)c(C)nn1C. The highest BCUT2D eigenvalue weighted by Crippen LogP contribution is 2.27. The Hall–Kier alpha value is -1.24. The molecule has 0 saturated heterocycles. The van der Waals surface area contributed by atoms with Gasteiger partial charge in [0.2, 0.25) is 0 Å². The third-order valence-electron chi connectivity index (χ3n) is 2.83. The minimum Gasteiger partial charge on any atom is -0.347 e. The van der Waals surface area contributed by atoms with E-state index in [9.17, 15) is 13.2 Å². The maximum atomic E-state index is 12.7. The Kier molecular flexibility index (Phi) is 5.22. The zero-order valence-electron chi connectivity index (χ0n) is 11.8. The van der Waals surface area contributed by atoms with E-state index in [1.165, 1.54) is 9.58 Å². The van der Waals surface area contributed by atoms with Gasteiger partial charge in [0.25, 0.3) is 0 Å². The summed E-state index contributed by atoms with van der Waals surface area (Å²) in [6, 6.07) is 0. The Morgan fingerprint density at radius 2 is 2.00 bits per heavy atom. The molecule has 4 nitrogen and oxygen atoms in total. The van der Waals surface area contributed by atoms with Gasteiger partial charge in [-0.1, -0.05) is 6.92 Å². The molecule has 1 aromatic heterocycles. The van der Waals surface area contributed by atoms with Gasteiger partial charge in [-0.15, -0.1) is 0 Å². The van der Waals surface area contributed by atoms with E-state index < -0.39 is 12.7 Å². The number of anilines is 1. The molecule has 110 valence electrons. The lowest BCUT2D eigenvalue weighted by atomic mass is 10.2. The highest BCUT2D eigenvalue weighted by molar-refractivity contribution is 5.50. The predicted molar refractivity (Wildman–Crippen MR) is 69.3 cm³/mol. The van der Waals surface area contributed by atoms with Gasteiger partial charge in [0, 0.05) is 25.7 Å². The number of alkyl halides is 3. The molecule has 1 N–H and O–H groups in total. The second-order valence-electron chi connectivity index (χ2n) is 4.58. The van der Waals surface area contributed by atoms with Crippen molar-refractivity contribution >= 4 is 5.82 Å². The van der Waals surface area contributed by atoms with Crippen molar-refractivity contribution < 1.29 is 13.2 Å². The van der Waals surface area contributed by atoms with Crippen molar-refractivity contribution in [3.8, 4) is 0 Å². The Labute approximate surface area is 111 Å². The molecule has 0 aliphatic heterocycles. The average molecular weight is 278 g/mol. The summed E-state index contributed by atoms with van der Waals surface area (Å²) in [6.45, 7) is 3.59. The number of rotatable bonds is 6. The van der Waals surface area contributed by atoms with E-state index in [1.807, 2.05) is 13.8 Å². The van der Waals surface area contributed by atoms with Crippen LogP contribution < -0.4 is 10.2 Å². The van der Waals surface area contributed by atoms with Crippen LogP contribution >= 0.6 is 0 Å². The third kappa shape index (κ3) is 4.12. The minimum atomic E-state index is -4.22. The first-order valence-electron chi connectivity index (χ1n) is 6.29. The van der Waals surface area contributed by atoms with Gasteiger partial charge in [-0.2, -0.15) is 18.3 Å². The Bertz CT molecular complexity index is 412. The van der Waals surface area contributed by atoms with Crippen molar-refractivity contribution in [1.29, 1.82) is 0 Å². The number of aromatic nitrogens is 2. The molecule has 0 fully saturated rings. The molecule has 0 aromatic carbocycles. The van der Waals surface area contributed by atoms with Crippen LogP contribution in [0.15, 0.2) is 0 Å². The van der Waals surface area contributed by atoms with Gasteiger partial charge in [-0.05, 0) is 20.4 Å². The predicted octanol–water partition coefficient (Wildman–Crippen LogP) is 2.23. The van der Waals surface area contributed by atoms with Crippen LogP contribution in [0.25, 0.3) is 0 Å². The van der Waals surface area contributed by atoms with Crippen LogP contribution in [-0.2, 0) is 13.6 Å². The van der Waals surface area contributed by atoms with E-state index in [0.717, 1.165) is 11.3 Å². The highest BCUT2D eigenvalue weighted by atomic mass is 19.4. The molecule has 0 radical (unpaired) electrons. The van der Waals surface area contributed by atoms with E-state index in [2.05, 4.69) is 10.4 Å². The van der Waals surface area contributed by atoms with E-state index in [0.29, 0.717) is 25.3 Å². The van der Waals surface area contributed by atoms with Crippen LogP contribution in [0.1, 0.15) is 24.6 Å². The van der Waals surface area contributed by atoms with E-state index in [-0.39, 0.29) is 0 Å². The zero-order valence-corrected chi connectivity index (χ0v) is 11.8. The van der Waals surface area contributed by atoms with Crippen LogP contribution in [-0.4, -0.2) is 36.1 Å². The fourth-order valence-corrected chi connectivity index (χ4v) is 2.22. The fraction of sp³-hybridized carbons (Fsp3) is 0.750. The molecule has 0 saturated carbocycles. The number of nitrogens with one attached hydrogen (secondary N) is 1. The molecule has 0 unspecified atom stereocenters. The summed E-state index contributed by atoms with van der Waals surface area (Å²) in [5.41, 5.74) is 1.58. The largest absolute Gasteiger partial charge is 0.405 e. The van der Waals surface area contributed by atoms with Crippen LogP contribution in [0.5, 0.6) is 0 Å². The van der Waals surface area contributed by atoms with Crippen molar-refractivity contribution in [3.05, 3.63) is 11.3 Å². The van der Waals surface area contributed by atoms with Gasteiger partial charge in [0.1, 0.15) is 12.4 Å². The first-order valence-corrected chi connectivity index (χ1v) is 6.29. The molecule has 0 atom stereocenters. The van der Waals surface area contributed by atoms with Crippen molar-refractivity contribution in [3.63, 3.8) is 0 Å². The zero-order chi connectivity index (χ0) is 14.6. The molecular weight excluding hydrogens is 257 g/mol. The molecule has 0 bridgehead atoms. The van der Waals surface area contributed by atoms with E-state index in [4.69, 9.17) is 0 Å². The standard InChI is InChI=1S/C12H21F3N4/c1-5-6-19(8-12(13,14)15)11-10(7-16-3)9(2)17-18(11)4/h16H,5-8H2,1-4H3. The minimum absolute atomic E-state index is 0.356. The summed E-state index contributed by atoms with van der Waals surface area (Å²) >= 11 is 0. The van der Waals surface area contributed by atoms with Gasteiger partial charge in [-0.3, -0.25) is 4.68 Å². The lowest BCUT2D eigenvalue weighted by molar-refractivity contribution is -0.119. The Balaban J connectivity index is 3.14. The van der Waals surface area contributed by atoms with Crippen LogP contribution in [0.4, 0.5) is 19.0 Å². The average Bonchev–Trinajstić information content (AvgIpc) is 2.52. The first-order chi connectivity index (χ1) is 8.80. The van der Waals surface area contributed by atoms with Gasteiger partial charge in [0.05, 0.1) is 5.69 Å². The second kappa shape index (κ2) is 6.27. The first kappa shape index (κ1) is 15.8. The maximum absolute atomic E-state index is 12.7. The number of hydrogen-bond acceptors (Lipinski definition) is 3. The summed E-state index contributed by atoms with van der Waals surface area (Å²) in [7, 11) is 3.45. The second-order valence-corrected chi connectivity index (χ2v) is 4.58. The monoisotopic (exact) mass is 278 g/mol. The molecular formula is C12H21F3N4. The molecule has 1 rings (SSSR count). The summed E-state index contributed by atoms with van der Waals surface area (Å²) < 4.78 is 39.6. The lowest BCUT2D eigenvalue weighted by Gasteiger charge is -2.26. The summed E-state index contributed by atoms with van der Waals surface area (Å²) in [6.07, 6.45) is -3.57. The van der Waals surface area contributed by atoms with Crippen LogP contribution in [0.2, 0.25) is 0 Å². The summed E-state index contributed by atoms with van der Waals surface area (Å²) in [5.74, 6) is 0.547. The van der Waals surface area contributed by atoms with Gasteiger partial charge >= 0.3 is 6.18 Å². The molecule has 1 heterocycles. The lowest BCUT2D eigenvalue weighted by Crippen LogP contribution is -2.36. The van der Waals surface area contributed by atoms with Crippen LogP contribution in [0.3, 0.4) is 0 Å². The number of halogens is 3. The van der Waals surface area contributed by atoms with Crippen molar-refractivity contribution in [2.45, 2.75) is 33.0 Å². The van der Waals surface area contributed by atoms with E-state index in [1.54, 1.807) is 14.1 Å². The van der Waals surface area contributed by atoms with Crippen LogP contribution in [0, 0.1) is 6.92 Å². The highest BCUT2D eigenvalue weighted by Gasteiger charge is 2.32. The molecule has 19 heavy (non-hydrogen) atoms. The van der Waals surface area contributed by atoms with Crippen molar-refractivity contribution in [2.75, 3.05) is 25.0 Å². The van der Waals surface area contributed by atoms with Gasteiger partial charge in [0.15, 0.2) is 0 Å². The molecule has 0 amide bonds. The van der Waals surface area contributed by atoms with Gasteiger partial charge < -0.3 is 10.2 Å². The van der Waals surface area contributed by atoms with Crippen molar-refractivity contribution in [1.82, 2.24) is 15.1 Å². The fourth-order valence-electron chi connectivity index (χ4n) is 2.22. The quantitative estimate of drug-likeness (QED) is 0.866. The number of nitrogens with zero attached hydrogens (tertiary/aromatic N) is 3. The molecule has 0 spiro atoms. The summed E-state index contributed by atoms with van der Waals surface area (Å²) in [4.78, 5) is 1.35. The molecule has 7 heteroatoms. The Morgan fingerprint density at radius 1 is 1.37 bits per heavy atom. The normalized spacial score (nSPS) is 11.9. The van der Waals surface area contributed by atoms with Gasteiger partial charge in [-0.25, -0.2) is 0 Å². The molecule has 0 aliphatic rings. The molecule has 0 aliphatic carbocycles. The molecule has 1 aromatic rings. The third-order valence-corrected chi connectivity index (χ3v) is 2.83. The summed E-state index contributed by atoms with van der Waals surface area (Å²) in [5, 5.41) is 7.21. The maximum Gasteiger partial charge on any atom is 0.405 e. The number of hydrogen-bond donors (Lipinski definition) is 1. The van der Waals surface area contributed by atoms with E-state index >= 15 is 0 Å². The topological polar surface area (TPSA) is 33.1 Å². The Morgan fingerprint density at radius 3 is 2.47 bits per heavy atom.